The number of esters is 2. The van der Waals surface area contributed by atoms with Crippen LogP contribution in [0, 0.1) is 0 Å². The van der Waals surface area contributed by atoms with Crippen molar-refractivity contribution in [1.29, 1.82) is 0 Å². The molecule has 128 valence electrons. The van der Waals surface area contributed by atoms with E-state index in [1.165, 1.54) is 13.8 Å². The maximum atomic E-state index is 12.4. The minimum absolute atomic E-state index is 0.197. The van der Waals surface area contributed by atoms with Crippen molar-refractivity contribution in [1.82, 2.24) is 0 Å². The number of benzene rings is 2. The standard InChI is InChI=1S/C19H18N2O4/c1-19(2)24-17(22)15(18(23)25-19)16(20-13-9-5-3-6-10-13)21-14-11-7-4-8-12-14/h3-12,20-21H,1-2H3. The molecule has 0 atom stereocenters. The van der Waals surface area contributed by atoms with Gasteiger partial charge in [0, 0.05) is 25.2 Å². The molecule has 0 amide bonds. The Morgan fingerprint density at radius 2 is 1.16 bits per heavy atom. The molecule has 2 N–H and O–H groups in total. The van der Waals surface area contributed by atoms with Crippen LogP contribution in [0.5, 0.6) is 0 Å². The second-order valence-electron chi connectivity index (χ2n) is 5.91. The summed E-state index contributed by atoms with van der Waals surface area (Å²) in [5.41, 5.74) is 1.20. The van der Waals surface area contributed by atoms with Crippen LogP contribution in [0.1, 0.15) is 13.8 Å². The summed E-state index contributed by atoms with van der Waals surface area (Å²) in [6.07, 6.45) is 0. The zero-order valence-corrected chi connectivity index (χ0v) is 13.9. The highest BCUT2D eigenvalue weighted by Gasteiger charge is 2.41. The number of nitrogens with one attached hydrogen (secondary N) is 2. The summed E-state index contributed by atoms with van der Waals surface area (Å²) in [5, 5.41) is 6.10. The van der Waals surface area contributed by atoms with E-state index in [0.717, 1.165) is 0 Å². The van der Waals surface area contributed by atoms with Crippen LogP contribution in [0.4, 0.5) is 11.4 Å². The van der Waals surface area contributed by atoms with Gasteiger partial charge in [-0.05, 0) is 24.3 Å². The Morgan fingerprint density at radius 3 is 1.56 bits per heavy atom. The second kappa shape index (κ2) is 6.68. The van der Waals surface area contributed by atoms with Gasteiger partial charge in [0.25, 0.3) is 5.79 Å². The highest BCUT2D eigenvalue weighted by Crippen LogP contribution is 2.26. The number of anilines is 2. The van der Waals surface area contributed by atoms with Gasteiger partial charge in [0.15, 0.2) is 5.57 Å². The van der Waals surface area contributed by atoms with Crippen LogP contribution in [-0.2, 0) is 19.1 Å². The molecule has 25 heavy (non-hydrogen) atoms. The van der Waals surface area contributed by atoms with Crippen LogP contribution in [0.3, 0.4) is 0 Å². The van der Waals surface area contributed by atoms with Gasteiger partial charge < -0.3 is 20.1 Å². The lowest BCUT2D eigenvalue weighted by Crippen LogP contribution is -2.43. The number of cyclic esters (lactones) is 2. The SMILES string of the molecule is CC1(C)OC(=O)C(=C(Nc2ccccc2)Nc2ccccc2)C(=O)O1. The Hall–Kier alpha value is -3.28. The van der Waals surface area contributed by atoms with E-state index in [4.69, 9.17) is 9.47 Å². The first-order valence-corrected chi connectivity index (χ1v) is 7.80. The third-order valence-corrected chi connectivity index (χ3v) is 3.42. The average Bonchev–Trinajstić information content (AvgIpc) is 2.55. The van der Waals surface area contributed by atoms with Crippen LogP contribution in [0.2, 0.25) is 0 Å². The Balaban J connectivity index is 2.00. The Morgan fingerprint density at radius 1 is 0.760 bits per heavy atom. The van der Waals surface area contributed by atoms with Gasteiger partial charge in [0.1, 0.15) is 5.82 Å². The predicted molar refractivity (Wildman–Crippen MR) is 93.4 cm³/mol. The third kappa shape index (κ3) is 3.98. The molecule has 0 saturated carbocycles. The maximum Gasteiger partial charge on any atom is 0.352 e. The molecule has 0 unspecified atom stereocenters. The van der Waals surface area contributed by atoms with E-state index in [1.807, 2.05) is 60.7 Å². The Kier molecular flexibility index (Phi) is 4.43. The second-order valence-corrected chi connectivity index (χ2v) is 5.91. The van der Waals surface area contributed by atoms with Gasteiger partial charge in [-0.2, -0.15) is 0 Å². The molecule has 1 aliphatic rings. The molecule has 1 heterocycles. The lowest BCUT2D eigenvalue weighted by atomic mass is 10.2. The third-order valence-electron chi connectivity index (χ3n) is 3.42. The molecular weight excluding hydrogens is 320 g/mol. The summed E-state index contributed by atoms with van der Waals surface area (Å²) in [6.45, 7) is 3.02. The molecule has 2 aromatic rings. The fraction of sp³-hybridized carbons (Fsp3) is 0.158. The van der Waals surface area contributed by atoms with Crippen molar-refractivity contribution in [2.24, 2.45) is 0 Å². The molecule has 6 heteroatoms. The molecule has 0 aliphatic carbocycles. The minimum Gasteiger partial charge on any atom is -0.419 e. The number of carbonyl (C=O) groups excluding carboxylic acids is 2. The summed E-state index contributed by atoms with van der Waals surface area (Å²) in [7, 11) is 0. The van der Waals surface area contributed by atoms with E-state index in [0.29, 0.717) is 11.4 Å². The molecule has 6 nitrogen and oxygen atoms in total. The van der Waals surface area contributed by atoms with Gasteiger partial charge in [-0.3, -0.25) is 0 Å². The quantitative estimate of drug-likeness (QED) is 0.506. The lowest BCUT2D eigenvalue weighted by Gasteiger charge is -2.31. The van der Waals surface area contributed by atoms with Crippen LogP contribution in [-0.4, -0.2) is 17.7 Å². The maximum absolute atomic E-state index is 12.4. The van der Waals surface area contributed by atoms with Crippen molar-refractivity contribution >= 4 is 23.3 Å². The van der Waals surface area contributed by atoms with Gasteiger partial charge in [-0.15, -0.1) is 0 Å². The molecule has 1 aliphatic heterocycles. The molecule has 1 fully saturated rings. The number of rotatable bonds is 4. The molecule has 0 bridgehead atoms. The highest BCUT2D eigenvalue weighted by atomic mass is 16.7. The van der Waals surface area contributed by atoms with Gasteiger partial charge >= 0.3 is 11.9 Å². The molecule has 2 aromatic carbocycles. The van der Waals surface area contributed by atoms with Gasteiger partial charge in [0.2, 0.25) is 0 Å². The van der Waals surface area contributed by atoms with Crippen molar-refractivity contribution in [2.45, 2.75) is 19.6 Å². The van der Waals surface area contributed by atoms with E-state index in [2.05, 4.69) is 10.6 Å². The Labute approximate surface area is 145 Å². The number of para-hydroxylation sites is 2. The van der Waals surface area contributed by atoms with Crippen LogP contribution in [0.15, 0.2) is 72.1 Å². The van der Waals surface area contributed by atoms with Gasteiger partial charge in [-0.25, -0.2) is 9.59 Å². The van der Waals surface area contributed by atoms with E-state index < -0.39 is 17.7 Å². The number of hydrogen-bond donors (Lipinski definition) is 2. The molecule has 0 spiro atoms. The summed E-state index contributed by atoms with van der Waals surface area (Å²) in [6, 6.07) is 18.4. The number of ether oxygens (including phenoxy) is 2. The fourth-order valence-corrected chi connectivity index (χ4v) is 2.34. The largest absolute Gasteiger partial charge is 0.419 e. The summed E-state index contributed by atoms with van der Waals surface area (Å²) in [5.74, 6) is -2.59. The molecule has 0 aromatic heterocycles. The van der Waals surface area contributed by atoms with E-state index in [9.17, 15) is 9.59 Å². The summed E-state index contributed by atoms with van der Waals surface area (Å²) >= 11 is 0. The molecular formula is C19H18N2O4. The van der Waals surface area contributed by atoms with E-state index in [1.54, 1.807) is 0 Å². The molecule has 1 saturated heterocycles. The lowest BCUT2D eigenvalue weighted by molar-refractivity contribution is -0.222. The Bertz CT molecular complexity index is 748. The van der Waals surface area contributed by atoms with Gasteiger partial charge in [-0.1, -0.05) is 36.4 Å². The first kappa shape index (κ1) is 16.6. The normalized spacial score (nSPS) is 15.8. The first-order valence-electron chi connectivity index (χ1n) is 7.80. The van der Waals surface area contributed by atoms with Crippen molar-refractivity contribution < 1.29 is 19.1 Å². The van der Waals surface area contributed by atoms with Gasteiger partial charge in [0.05, 0.1) is 0 Å². The molecule has 3 rings (SSSR count). The van der Waals surface area contributed by atoms with E-state index >= 15 is 0 Å². The van der Waals surface area contributed by atoms with E-state index in [-0.39, 0.29) is 11.4 Å². The topological polar surface area (TPSA) is 76.7 Å². The molecule has 0 radical (unpaired) electrons. The zero-order chi connectivity index (χ0) is 17.9. The zero-order valence-electron chi connectivity index (χ0n) is 13.9. The average molecular weight is 338 g/mol. The van der Waals surface area contributed by atoms with Crippen molar-refractivity contribution in [2.75, 3.05) is 10.6 Å². The predicted octanol–water partition coefficient (Wildman–Crippen LogP) is 3.26. The van der Waals surface area contributed by atoms with Crippen LogP contribution < -0.4 is 10.6 Å². The summed E-state index contributed by atoms with van der Waals surface area (Å²) < 4.78 is 10.4. The van der Waals surface area contributed by atoms with Crippen molar-refractivity contribution in [3.8, 4) is 0 Å². The van der Waals surface area contributed by atoms with Crippen molar-refractivity contribution in [3.05, 3.63) is 72.1 Å². The number of carbonyl (C=O) groups is 2. The van der Waals surface area contributed by atoms with Crippen LogP contribution >= 0.6 is 0 Å². The number of hydrogen-bond acceptors (Lipinski definition) is 6. The monoisotopic (exact) mass is 338 g/mol. The minimum atomic E-state index is -1.29. The van der Waals surface area contributed by atoms with Crippen molar-refractivity contribution in [3.63, 3.8) is 0 Å². The van der Waals surface area contributed by atoms with Crippen LogP contribution in [0.25, 0.3) is 0 Å². The fourth-order valence-electron chi connectivity index (χ4n) is 2.34. The summed E-state index contributed by atoms with van der Waals surface area (Å²) in [4.78, 5) is 24.8. The first-order chi connectivity index (χ1) is 11.9. The smallest absolute Gasteiger partial charge is 0.352 e. The highest BCUT2D eigenvalue weighted by molar-refractivity contribution is 6.16.